The second-order valence-electron chi connectivity index (χ2n) is 5.55. The Bertz CT molecular complexity index is 487. The van der Waals surface area contributed by atoms with Crippen LogP contribution in [0.15, 0.2) is 30.3 Å². The molecule has 0 aliphatic heterocycles. The fourth-order valence-electron chi connectivity index (χ4n) is 2.58. The van der Waals surface area contributed by atoms with Gasteiger partial charge in [-0.15, -0.1) is 0 Å². The van der Waals surface area contributed by atoms with Crippen LogP contribution in [0.4, 0.5) is 0 Å². The van der Waals surface area contributed by atoms with E-state index in [9.17, 15) is 4.79 Å². The largest absolute Gasteiger partial charge is 0.498 e. The van der Waals surface area contributed by atoms with Crippen LogP contribution >= 0.6 is 0 Å². The van der Waals surface area contributed by atoms with Crippen molar-refractivity contribution in [3.63, 3.8) is 0 Å². The second kappa shape index (κ2) is 8.59. The molecule has 0 aromatic heterocycles. The number of rotatable bonds is 9. The Labute approximate surface area is 140 Å². The predicted molar refractivity (Wildman–Crippen MR) is 90.9 cm³/mol. The van der Waals surface area contributed by atoms with Crippen LogP contribution in [0.25, 0.3) is 0 Å². The van der Waals surface area contributed by atoms with Gasteiger partial charge < -0.3 is 18.0 Å². The molecule has 0 N–H and O–H groups in total. The van der Waals surface area contributed by atoms with E-state index >= 15 is 0 Å². The van der Waals surface area contributed by atoms with E-state index in [2.05, 4.69) is 0 Å². The fourth-order valence-corrected chi connectivity index (χ4v) is 4.89. The third kappa shape index (κ3) is 4.88. The number of hydrogen-bond acceptors (Lipinski definition) is 5. The quantitative estimate of drug-likeness (QED) is 0.509. The number of carbonyl (C=O) groups excluding carboxylic acids is 1. The van der Waals surface area contributed by atoms with Crippen LogP contribution in [0.3, 0.4) is 0 Å². The van der Waals surface area contributed by atoms with Crippen LogP contribution in [0, 0.1) is 5.92 Å². The molecule has 1 rings (SSSR count). The van der Waals surface area contributed by atoms with Crippen molar-refractivity contribution in [2.45, 2.75) is 39.8 Å². The van der Waals surface area contributed by atoms with Gasteiger partial charge in [0, 0.05) is 19.8 Å². The number of hydrogen-bond donors (Lipinski definition) is 0. The maximum Gasteiger partial charge on any atom is 0.498 e. The molecule has 2 atom stereocenters. The number of carbonyl (C=O) groups is 1. The Hall–Kier alpha value is -1.21. The monoisotopic (exact) mass is 340 g/mol. The Morgan fingerprint density at radius 1 is 1.17 bits per heavy atom. The number of ether oxygens (including phenoxy) is 1. The lowest BCUT2D eigenvalue weighted by Gasteiger charge is -2.40. The first-order chi connectivity index (χ1) is 10.8. The Morgan fingerprint density at radius 3 is 2.13 bits per heavy atom. The third-order valence-corrected chi connectivity index (χ3v) is 6.36. The van der Waals surface area contributed by atoms with E-state index < -0.39 is 20.3 Å². The smallest absolute Gasteiger partial charge is 0.469 e. The summed E-state index contributed by atoms with van der Waals surface area (Å²) in [6.45, 7) is 10.3. The summed E-state index contributed by atoms with van der Waals surface area (Å²) in [6.07, 6.45) is 0. The van der Waals surface area contributed by atoms with Crippen molar-refractivity contribution in [2.75, 3.05) is 20.3 Å². The fraction of sp³-hybridized carbons (Fsp3) is 0.588. The summed E-state index contributed by atoms with van der Waals surface area (Å²) >= 11 is 0. The highest BCUT2D eigenvalue weighted by Crippen LogP contribution is 2.37. The van der Waals surface area contributed by atoms with Crippen molar-refractivity contribution in [2.24, 2.45) is 5.92 Å². The first-order valence-electron chi connectivity index (χ1n) is 7.94. The van der Waals surface area contributed by atoms with E-state index in [1.54, 1.807) is 6.92 Å². The van der Waals surface area contributed by atoms with Crippen molar-refractivity contribution < 1.29 is 22.8 Å². The Balaban J connectivity index is 3.26. The SMILES string of the molecule is CCO[Si](C)(OCC)O[C@](C)(c1ccccc1)[C@@H](C)C(=O)OC. The highest BCUT2D eigenvalue weighted by molar-refractivity contribution is 6.59. The van der Waals surface area contributed by atoms with E-state index in [-0.39, 0.29) is 5.97 Å². The van der Waals surface area contributed by atoms with Crippen molar-refractivity contribution in [1.82, 2.24) is 0 Å². The zero-order chi connectivity index (χ0) is 17.5. The van der Waals surface area contributed by atoms with Gasteiger partial charge in [0.15, 0.2) is 0 Å². The van der Waals surface area contributed by atoms with Crippen LogP contribution in [0.1, 0.15) is 33.3 Å². The molecule has 0 bridgehead atoms. The Morgan fingerprint density at radius 2 is 1.70 bits per heavy atom. The maximum absolute atomic E-state index is 12.2. The van der Waals surface area contributed by atoms with Gasteiger partial charge >= 0.3 is 14.8 Å². The van der Waals surface area contributed by atoms with Gasteiger partial charge in [-0.25, -0.2) is 0 Å². The molecule has 130 valence electrons. The molecular weight excluding hydrogens is 312 g/mol. The van der Waals surface area contributed by atoms with Crippen LogP contribution < -0.4 is 0 Å². The van der Waals surface area contributed by atoms with Crippen molar-refractivity contribution in [3.05, 3.63) is 35.9 Å². The lowest BCUT2D eigenvalue weighted by molar-refractivity contribution is -0.155. The molecule has 0 aliphatic rings. The van der Waals surface area contributed by atoms with Gasteiger partial charge in [0.25, 0.3) is 0 Å². The summed E-state index contributed by atoms with van der Waals surface area (Å²) in [5, 5.41) is 0. The molecule has 0 saturated carbocycles. The van der Waals surface area contributed by atoms with Crippen LogP contribution in [0.5, 0.6) is 0 Å². The predicted octanol–water partition coefficient (Wildman–Crippen LogP) is 3.37. The molecular formula is C17H28O5Si. The first-order valence-corrected chi connectivity index (χ1v) is 10.2. The molecule has 6 heteroatoms. The number of methoxy groups -OCH3 is 1. The molecule has 5 nitrogen and oxygen atoms in total. The molecule has 0 unspecified atom stereocenters. The van der Waals surface area contributed by atoms with Crippen molar-refractivity contribution in [3.8, 4) is 0 Å². The second-order valence-corrected chi connectivity index (χ2v) is 8.05. The topological polar surface area (TPSA) is 54.0 Å². The van der Waals surface area contributed by atoms with E-state index in [1.807, 2.05) is 57.7 Å². The molecule has 0 spiro atoms. The summed E-state index contributed by atoms with van der Waals surface area (Å²) in [6, 6.07) is 9.63. The van der Waals surface area contributed by atoms with Gasteiger partial charge in [-0.1, -0.05) is 30.3 Å². The molecule has 0 saturated heterocycles. The summed E-state index contributed by atoms with van der Waals surface area (Å²) in [7, 11) is -1.52. The molecule has 0 radical (unpaired) electrons. The minimum Gasteiger partial charge on any atom is -0.469 e. The molecule has 0 heterocycles. The average Bonchev–Trinajstić information content (AvgIpc) is 2.54. The van der Waals surface area contributed by atoms with E-state index in [1.165, 1.54) is 7.11 Å². The zero-order valence-electron chi connectivity index (χ0n) is 14.9. The van der Waals surface area contributed by atoms with Crippen molar-refractivity contribution >= 4 is 14.8 Å². The normalized spacial score (nSPS) is 15.7. The molecule has 0 fully saturated rings. The maximum atomic E-state index is 12.2. The van der Waals surface area contributed by atoms with Crippen LogP contribution in [-0.2, 0) is 28.4 Å². The lowest BCUT2D eigenvalue weighted by Crippen LogP contribution is -2.52. The standard InChI is InChI=1S/C17H28O5Si/c1-7-20-23(6,21-8-2)22-17(4,14(3)16(18)19-5)15-12-10-9-11-13-15/h9-14H,7-8H2,1-6H3/t14-,17-/m0/s1. The number of benzene rings is 1. The zero-order valence-corrected chi connectivity index (χ0v) is 15.9. The molecule has 1 aromatic rings. The summed E-state index contributed by atoms with van der Waals surface area (Å²) in [5.74, 6) is -0.844. The Kier molecular flexibility index (Phi) is 7.40. The average molecular weight is 340 g/mol. The van der Waals surface area contributed by atoms with Gasteiger partial charge in [0.05, 0.1) is 18.6 Å². The van der Waals surface area contributed by atoms with Crippen molar-refractivity contribution in [1.29, 1.82) is 0 Å². The van der Waals surface area contributed by atoms with Crippen LogP contribution in [0.2, 0.25) is 6.55 Å². The third-order valence-electron chi connectivity index (χ3n) is 3.94. The molecule has 23 heavy (non-hydrogen) atoms. The highest BCUT2D eigenvalue weighted by Gasteiger charge is 2.48. The molecule has 1 aromatic carbocycles. The van der Waals surface area contributed by atoms with Gasteiger partial charge in [0.2, 0.25) is 0 Å². The lowest BCUT2D eigenvalue weighted by atomic mass is 9.84. The minimum absolute atomic E-state index is 0.333. The first kappa shape index (κ1) is 19.8. The van der Waals surface area contributed by atoms with Gasteiger partial charge in [-0.05, 0) is 33.3 Å². The number of esters is 1. The van der Waals surface area contributed by atoms with E-state index in [4.69, 9.17) is 18.0 Å². The van der Waals surface area contributed by atoms with E-state index in [0.717, 1.165) is 5.56 Å². The van der Waals surface area contributed by atoms with E-state index in [0.29, 0.717) is 13.2 Å². The highest BCUT2D eigenvalue weighted by atomic mass is 28.4. The molecule has 0 aliphatic carbocycles. The van der Waals surface area contributed by atoms with Gasteiger partial charge in [-0.2, -0.15) is 0 Å². The summed E-state index contributed by atoms with van der Waals surface area (Å²) < 4.78 is 22.9. The summed E-state index contributed by atoms with van der Waals surface area (Å²) in [4.78, 5) is 12.2. The van der Waals surface area contributed by atoms with Gasteiger partial charge in [-0.3, -0.25) is 4.79 Å². The molecule has 0 amide bonds. The van der Waals surface area contributed by atoms with Gasteiger partial charge in [0.1, 0.15) is 0 Å². The summed E-state index contributed by atoms with van der Waals surface area (Å²) in [5.41, 5.74) is -0.0179. The van der Waals surface area contributed by atoms with Crippen LogP contribution in [-0.4, -0.2) is 35.1 Å². The minimum atomic E-state index is -2.90.